The van der Waals surface area contributed by atoms with E-state index in [0.717, 1.165) is 17.5 Å². The van der Waals surface area contributed by atoms with Crippen molar-refractivity contribution in [3.05, 3.63) is 87.4 Å². The molecule has 30 heavy (non-hydrogen) atoms. The molecule has 0 bridgehead atoms. The van der Waals surface area contributed by atoms with Gasteiger partial charge >= 0.3 is 5.63 Å². The lowest BCUT2D eigenvalue weighted by atomic mass is 10.1. The minimum Gasteiger partial charge on any atom is -0.427 e. The second-order valence-corrected chi connectivity index (χ2v) is 7.60. The largest absolute Gasteiger partial charge is 0.427 e. The minimum atomic E-state index is -0.591. The van der Waals surface area contributed by atoms with E-state index in [9.17, 15) is 9.59 Å². The van der Waals surface area contributed by atoms with Crippen molar-refractivity contribution in [2.45, 2.75) is 26.3 Å². The van der Waals surface area contributed by atoms with Gasteiger partial charge in [-0.25, -0.2) is 4.79 Å². The van der Waals surface area contributed by atoms with E-state index < -0.39 is 5.63 Å². The first-order valence-corrected chi connectivity index (χ1v) is 9.84. The Morgan fingerprint density at radius 2 is 2.07 bits per heavy atom. The SMILES string of the molecule is Cc1cc(CCc2c[nH]c3ccccc23)oc(=O)c1C(=O)N(C)Cc1cnn(C)c1. The Morgan fingerprint density at radius 1 is 1.27 bits per heavy atom. The molecule has 1 amide bonds. The first kappa shape index (κ1) is 19.7. The Labute approximate surface area is 173 Å². The summed E-state index contributed by atoms with van der Waals surface area (Å²) < 4.78 is 7.17. The number of nitrogens with zero attached hydrogens (tertiary/aromatic N) is 3. The summed E-state index contributed by atoms with van der Waals surface area (Å²) in [5.41, 5.74) is 3.27. The van der Waals surface area contributed by atoms with E-state index in [1.165, 1.54) is 15.8 Å². The van der Waals surface area contributed by atoms with Crippen molar-refractivity contribution in [3.8, 4) is 0 Å². The predicted molar refractivity (Wildman–Crippen MR) is 114 cm³/mol. The number of fused-ring (bicyclic) bond motifs is 1. The topological polar surface area (TPSA) is 84.1 Å². The Bertz CT molecular complexity index is 1260. The third kappa shape index (κ3) is 3.91. The zero-order valence-electron chi connectivity index (χ0n) is 17.3. The molecule has 0 aliphatic carbocycles. The summed E-state index contributed by atoms with van der Waals surface area (Å²) in [6.07, 6.45) is 6.85. The number of nitrogens with one attached hydrogen (secondary N) is 1. The first-order valence-electron chi connectivity index (χ1n) is 9.84. The summed E-state index contributed by atoms with van der Waals surface area (Å²) in [5.74, 6) is 0.225. The molecule has 3 aromatic heterocycles. The van der Waals surface area contributed by atoms with Crippen LogP contribution in [0.15, 0.2) is 58.1 Å². The number of aromatic amines is 1. The van der Waals surface area contributed by atoms with E-state index in [1.807, 2.05) is 37.6 Å². The molecule has 154 valence electrons. The fraction of sp³-hybridized carbons (Fsp3) is 0.261. The van der Waals surface area contributed by atoms with Crippen LogP contribution in [0, 0.1) is 6.92 Å². The van der Waals surface area contributed by atoms with Crippen molar-refractivity contribution in [2.75, 3.05) is 7.05 Å². The van der Waals surface area contributed by atoms with Crippen LogP contribution in [-0.2, 0) is 26.4 Å². The fourth-order valence-electron chi connectivity index (χ4n) is 3.74. The predicted octanol–water partition coefficient (Wildman–Crippen LogP) is 3.22. The average Bonchev–Trinajstić information content (AvgIpc) is 3.31. The van der Waals surface area contributed by atoms with Gasteiger partial charge in [0.25, 0.3) is 5.91 Å². The van der Waals surface area contributed by atoms with E-state index >= 15 is 0 Å². The normalized spacial score (nSPS) is 11.2. The van der Waals surface area contributed by atoms with Crippen LogP contribution >= 0.6 is 0 Å². The zero-order valence-corrected chi connectivity index (χ0v) is 17.3. The molecule has 4 rings (SSSR count). The van der Waals surface area contributed by atoms with Gasteiger partial charge in [0.2, 0.25) is 0 Å². The van der Waals surface area contributed by atoms with Crippen LogP contribution in [0.1, 0.15) is 32.8 Å². The first-order chi connectivity index (χ1) is 14.4. The molecule has 0 fully saturated rings. The molecule has 1 N–H and O–H groups in total. The van der Waals surface area contributed by atoms with E-state index in [1.54, 1.807) is 30.9 Å². The molecule has 0 radical (unpaired) electrons. The maximum atomic E-state index is 12.8. The molecule has 7 heteroatoms. The maximum Gasteiger partial charge on any atom is 0.349 e. The van der Waals surface area contributed by atoms with Gasteiger partial charge in [0, 0.05) is 55.9 Å². The second-order valence-electron chi connectivity index (χ2n) is 7.60. The van der Waals surface area contributed by atoms with Gasteiger partial charge in [-0.1, -0.05) is 18.2 Å². The van der Waals surface area contributed by atoms with Gasteiger partial charge in [0.1, 0.15) is 11.3 Å². The summed E-state index contributed by atoms with van der Waals surface area (Å²) in [7, 11) is 3.48. The molecule has 0 saturated heterocycles. The van der Waals surface area contributed by atoms with Crippen LogP contribution in [0.3, 0.4) is 0 Å². The Kier molecular flexibility index (Phi) is 5.27. The Balaban J connectivity index is 1.50. The van der Waals surface area contributed by atoms with Gasteiger partial charge in [-0.2, -0.15) is 5.10 Å². The molecule has 0 aliphatic rings. The van der Waals surface area contributed by atoms with E-state index in [0.29, 0.717) is 24.3 Å². The highest BCUT2D eigenvalue weighted by Crippen LogP contribution is 2.20. The Hall–Kier alpha value is -3.61. The van der Waals surface area contributed by atoms with Gasteiger partial charge in [-0.05, 0) is 36.6 Å². The number of carbonyl (C=O) groups is 1. The van der Waals surface area contributed by atoms with Crippen molar-refractivity contribution in [3.63, 3.8) is 0 Å². The number of aryl methyl sites for hydroxylation is 4. The fourth-order valence-corrected chi connectivity index (χ4v) is 3.74. The number of carbonyl (C=O) groups excluding carboxylic acids is 1. The second kappa shape index (κ2) is 8.02. The van der Waals surface area contributed by atoms with Crippen LogP contribution in [0.4, 0.5) is 0 Å². The van der Waals surface area contributed by atoms with Crippen molar-refractivity contribution in [2.24, 2.45) is 7.05 Å². The lowest BCUT2D eigenvalue weighted by Gasteiger charge is -2.17. The van der Waals surface area contributed by atoms with Crippen molar-refractivity contribution < 1.29 is 9.21 Å². The molecular formula is C23H24N4O3. The highest BCUT2D eigenvalue weighted by atomic mass is 16.4. The van der Waals surface area contributed by atoms with Crippen LogP contribution in [-0.4, -0.2) is 32.6 Å². The molecule has 0 atom stereocenters. The van der Waals surface area contributed by atoms with Gasteiger partial charge in [0.05, 0.1) is 6.20 Å². The van der Waals surface area contributed by atoms with Crippen LogP contribution < -0.4 is 5.63 Å². The lowest BCUT2D eigenvalue weighted by Crippen LogP contribution is -2.31. The number of hydrogen-bond acceptors (Lipinski definition) is 4. The minimum absolute atomic E-state index is 0.0808. The summed E-state index contributed by atoms with van der Waals surface area (Å²) in [4.78, 5) is 30.2. The quantitative estimate of drug-likeness (QED) is 0.535. The van der Waals surface area contributed by atoms with E-state index in [-0.39, 0.29) is 11.5 Å². The third-order valence-electron chi connectivity index (χ3n) is 5.25. The number of para-hydroxylation sites is 1. The Morgan fingerprint density at radius 3 is 2.80 bits per heavy atom. The molecule has 4 aromatic rings. The molecule has 7 nitrogen and oxygen atoms in total. The van der Waals surface area contributed by atoms with Crippen LogP contribution in [0.2, 0.25) is 0 Å². The number of rotatable bonds is 6. The number of benzene rings is 1. The summed E-state index contributed by atoms with van der Waals surface area (Å²) in [5, 5.41) is 5.27. The molecule has 3 heterocycles. The van der Waals surface area contributed by atoms with Crippen molar-refractivity contribution in [1.82, 2.24) is 19.7 Å². The summed E-state index contributed by atoms with van der Waals surface area (Å²) in [6, 6.07) is 9.90. The highest BCUT2D eigenvalue weighted by molar-refractivity contribution is 5.94. The van der Waals surface area contributed by atoms with Gasteiger partial charge < -0.3 is 14.3 Å². The zero-order chi connectivity index (χ0) is 21.3. The molecule has 0 spiro atoms. The average molecular weight is 404 g/mol. The molecule has 0 saturated carbocycles. The van der Waals surface area contributed by atoms with Gasteiger partial charge in [-0.3, -0.25) is 9.48 Å². The molecule has 1 aromatic carbocycles. The van der Waals surface area contributed by atoms with E-state index in [4.69, 9.17) is 4.42 Å². The lowest BCUT2D eigenvalue weighted by molar-refractivity contribution is 0.0779. The third-order valence-corrected chi connectivity index (χ3v) is 5.25. The highest BCUT2D eigenvalue weighted by Gasteiger charge is 2.21. The summed E-state index contributed by atoms with van der Waals surface area (Å²) >= 11 is 0. The molecular weight excluding hydrogens is 380 g/mol. The van der Waals surface area contributed by atoms with Crippen LogP contribution in [0.5, 0.6) is 0 Å². The summed E-state index contributed by atoms with van der Waals surface area (Å²) in [6.45, 7) is 2.14. The van der Waals surface area contributed by atoms with E-state index in [2.05, 4.69) is 16.1 Å². The van der Waals surface area contributed by atoms with Gasteiger partial charge in [0.15, 0.2) is 0 Å². The van der Waals surface area contributed by atoms with Gasteiger partial charge in [-0.15, -0.1) is 0 Å². The van der Waals surface area contributed by atoms with Crippen molar-refractivity contribution in [1.29, 1.82) is 0 Å². The number of H-pyrrole nitrogens is 1. The number of amides is 1. The number of hydrogen-bond donors (Lipinski definition) is 1. The molecule has 0 aliphatic heterocycles. The number of aromatic nitrogens is 3. The monoisotopic (exact) mass is 404 g/mol. The molecule has 0 unspecified atom stereocenters. The maximum absolute atomic E-state index is 12.8. The van der Waals surface area contributed by atoms with Crippen molar-refractivity contribution >= 4 is 16.8 Å². The standard InChI is InChI=1S/C23H24N4O3/c1-15-10-18(9-8-17-12-24-20-7-5-4-6-19(17)20)30-23(29)21(15)22(28)26(2)13-16-11-25-27(3)14-16/h4-7,10-12,14,24H,8-9,13H2,1-3H3. The van der Waals surface area contributed by atoms with Crippen LogP contribution in [0.25, 0.3) is 10.9 Å². The smallest absolute Gasteiger partial charge is 0.349 e.